The zero-order valence-corrected chi connectivity index (χ0v) is 17.3. The third-order valence-corrected chi connectivity index (χ3v) is 3.29. The van der Waals surface area contributed by atoms with Crippen LogP contribution in [-0.2, 0) is 0 Å². The smallest absolute Gasteiger partial charge is 0.422 e. The summed E-state index contributed by atoms with van der Waals surface area (Å²) < 4.78 is 41.0. The van der Waals surface area contributed by atoms with Gasteiger partial charge in [0, 0.05) is 23.0 Å². The van der Waals surface area contributed by atoms with Gasteiger partial charge in [-0.05, 0) is 64.4 Å². The number of hydrogen-bond donors (Lipinski definition) is 2. The highest BCUT2D eigenvalue weighted by Gasteiger charge is 2.28. The van der Waals surface area contributed by atoms with Gasteiger partial charge in [0.1, 0.15) is 5.75 Å². The lowest BCUT2D eigenvalue weighted by atomic mass is 10.1. The summed E-state index contributed by atoms with van der Waals surface area (Å²) in [6, 6.07) is 9.12. The van der Waals surface area contributed by atoms with Crippen LogP contribution in [0.3, 0.4) is 0 Å². The van der Waals surface area contributed by atoms with Gasteiger partial charge in [-0.2, -0.15) is 13.2 Å². The third-order valence-electron chi connectivity index (χ3n) is 3.29. The maximum Gasteiger partial charge on any atom is 0.422 e. The molecule has 1 atom stereocenters. The number of pyridine rings is 1. The lowest BCUT2D eigenvalue weighted by Gasteiger charge is -2.15. The fourth-order valence-corrected chi connectivity index (χ4v) is 2.07. The van der Waals surface area contributed by atoms with Gasteiger partial charge in [-0.15, -0.1) is 0 Å². The Hall–Kier alpha value is -2.61. The van der Waals surface area contributed by atoms with E-state index >= 15 is 0 Å². The van der Waals surface area contributed by atoms with Crippen molar-refractivity contribution in [3.63, 3.8) is 0 Å². The largest absolute Gasteiger partial charge is 0.484 e. The van der Waals surface area contributed by atoms with Gasteiger partial charge in [0.15, 0.2) is 6.61 Å². The predicted octanol–water partition coefficient (Wildman–Crippen LogP) is 4.57. The summed E-state index contributed by atoms with van der Waals surface area (Å²) in [7, 11) is 0. The number of nitrogens with two attached hydrogens (primary N) is 1. The molecule has 0 saturated carbocycles. The molecule has 8 heteroatoms. The van der Waals surface area contributed by atoms with Crippen molar-refractivity contribution in [3.05, 3.63) is 59.4 Å². The molecule has 2 aromatic rings. The highest BCUT2D eigenvalue weighted by atomic mass is 19.4. The molecule has 0 aliphatic carbocycles. The Balaban J connectivity index is 0.000000749. The number of aryl methyl sites for hydroxylation is 1. The van der Waals surface area contributed by atoms with Crippen molar-refractivity contribution in [2.24, 2.45) is 5.73 Å². The maximum atomic E-state index is 12.2. The van der Waals surface area contributed by atoms with E-state index in [2.05, 4.69) is 15.0 Å². The number of ether oxygens (including phenoxy) is 1. The molecule has 0 aliphatic heterocycles. The lowest BCUT2D eigenvalue weighted by Crippen LogP contribution is -2.26. The molecule has 0 bridgehead atoms. The Morgan fingerprint density at radius 3 is 2.21 bits per heavy atom. The van der Waals surface area contributed by atoms with Crippen LogP contribution < -0.4 is 15.8 Å². The standard InChI is InChI=1S/C17H17F3N2O2.C4H11N/c1-11-9-14(7-8-21-11)16(23)22-12(2)13-3-5-15(6-4-13)24-10-17(18,19)20;1-4(2,3)5/h3-9,12H,10H2,1-2H3,(H,22,23);5H2,1-3H3. The fraction of sp³-hybridized carbons (Fsp3) is 0.429. The Labute approximate surface area is 169 Å². The van der Waals surface area contributed by atoms with Crippen LogP contribution in [0.4, 0.5) is 13.2 Å². The van der Waals surface area contributed by atoms with Gasteiger partial charge in [-0.1, -0.05) is 12.1 Å². The molecule has 2 rings (SSSR count). The molecule has 3 N–H and O–H groups in total. The Bertz CT molecular complexity index is 779. The second kappa shape index (κ2) is 10.2. The van der Waals surface area contributed by atoms with Gasteiger partial charge in [-0.3, -0.25) is 9.78 Å². The number of rotatable bonds is 5. The number of hydrogen-bond acceptors (Lipinski definition) is 4. The molecular weight excluding hydrogens is 383 g/mol. The zero-order valence-electron chi connectivity index (χ0n) is 17.3. The first-order valence-corrected chi connectivity index (χ1v) is 9.06. The van der Waals surface area contributed by atoms with Gasteiger partial charge in [0.2, 0.25) is 0 Å². The van der Waals surface area contributed by atoms with Crippen molar-refractivity contribution in [3.8, 4) is 5.75 Å². The first kappa shape index (κ1) is 24.4. The summed E-state index contributed by atoms with van der Waals surface area (Å²) in [5, 5.41) is 2.83. The number of amides is 1. The lowest BCUT2D eigenvalue weighted by molar-refractivity contribution is -0.153. The molecule has 1 amide bonds. The average Bonchev–Trinajstić information content (AvgIpc) is 2.58. The van der Waals surface area contributed by atoms with Gasteiger partial charge in [-0.25, -0.2) is 0 Å². The van der Waals surface area contributed by atoms with Gasteiger partial charge < -0.3 is 15.8 Å². The highest BCUT2D eigenvalue weighted by Crippen LogP contribution is 2.21. The molecule has 29 heavy (non-hydrogen) atoms. The summed E-state index contributed by atoms with van der Waals surface area (Å²) in [6.45, 7) is 8.14. The van der Waals surface area contributed by atoms with E-state index in [9.17, 15) is 18.0 Å². The van der Waals surface area contributed by atoms with E-state index in [1.807, 2.05) is 20.8 Å². The average molecular weight is 411 g/mol. The normalized spacial score (nSPS) is 12.4. The molecule has 0 fully saturated rings. The van der Waals surface area contributed by atoms with Gasteiger partial charge in [0.05, 0.1) is 6.04 Å². The third kappa shape index (κ3) is 11.1. The molecule has 0 saturated heterocycles. The number of benzene rings is 1. The minimum absolute atomic E-state index is 0. The fourth-order valence-electron chi connectivity index (χ4n) is 2.07. The molecule has 1 aromatic heterocycles. The number of halogens is 3. The SMILES string of the molecule is CC(C)(C)N.Cc1cc(C(=O)NC(C)c2ccc(OCC(F)(F)F)cc2)ccn1. The van der Waals surface area contributed by atoms with Crippen LogP contribution >= 0.6 is 0 Å². The minimum atomic E-state index is -4.37. The van der Waals surface area contributed by atoms with Crippen molar-refractivity contribution >= 4 is 5.91 Å². The molecule has 1 unspecified atom stereocenters. The maximum absolute atomic E-state index is 12.2. The minimum Gasteiger partial charge on any atom is -0.484 e. The topological polar surface area (TPSA) is 77.2 Å². The second-order valence-electron chi connectivity index (χ2n) is 7.72. The van der Waals surface area contributed by atoms with Crippen molar-refractivity contribution in [1.82, 2.24) is 10.3 Å². The zero-order chi connectivity index (χ0) is 22.2. The quantitative estimate of drug-likeness (QED) is 0.756. The van der Waals surface area contributed by atoms with Gasteiger partial charge in [0.25, 0.3) is 5.91 Å². The number of carbonyl (C=O) groups is 1. The molecule has 0 spiro atoms. The molecule has 1 aromatic carbocycles. The molecule has 1 heterocycles. The molecule has 0 radical (unpaired) electrons. The van der Waals surface area contributed by atoms with Crippen LogP contribution in [0, 0.1) is 6.92 Å². The number of aromatic nitrogens is 1. The van der Waals surface area contributed by atoms with Crippen LogP contribution in [0.25, 0.3) is 0 Å². The summed E-state index contributed by atoms with van der Waals surface area (Å²) in [5.41, 5.74) is 7.35. The van der Waals surface area contributed by atoms with Crippen molar-refractivity contribution in [2.45, 2.75) is 52.4 Å². The van der Waals surface area contributed by atoms with Crippen LogP contribution in [0.15, 0.2) is 42.6 Å². The van der Waals surface area contributed by atoms with Crippen molar-refractivity contribution in [2.75, 3.05) is 6.61 Å². The van der Waals surface area contributed by atoms with Crippen LogP contribution in [-0.4, -0.2) is 29.2 Å². The van der Waals surface area contributed by atoms with Crippen LogP contribution in [0.2, 0.25) is 0 Å². The van der Waals surface area contributed by atoms with Crippen LogP contribution in [0.5, 0.6) is 5.75 Å². The molecule has 160 valence electrons. The molecule has 5 nitrogen and oxygen atoms in total. The summed E-state index contributed by atoms with van der Waals surface area (Å²) in [5.74, 6) is -0.121. The van der Waals surface area contributed by atoms with E-state index in [-0.39, 0.29) is 23.2 Å². The number of nitrogens with one attached hydrogen (secondary N) is 1. The Kier molecular flexibility index (Phi) is 8.63. The van der Waals surface area contributed by atoms with E-state index in [1.165, 1.54) is 12.1 Å². The van der Waals surface area contributed by atoms with E-state index in [4.69, 9.17) is 5.73 Å². The Morgan fingerprint density at radius 1 is 1.17 bits per heavy atom. The monoisotopic (exact) mass is 411 g/mol. The van der Waals surface area contributed by atoms with E-state index in [0.29, 0.717) is 5.56 Å². The van der Waals surface area contributed by atoms with Crippen molar-refractivity contribution in [1.29, 1.82) is 0 Å². The van der Waals surface area contributed by atoms with Crippen LogP contribution in [0.1, 0.15) is 55.4 Å². The molecular formula is C21H28F3N3O2. The number of nitrogens with zero attached hydrogens (tertiary/aromatic N) is 1. The van der Waals surface area contributed by atoms with E-state index in [0.717, 1.165) is 11.3 Å². The summed E-state index contributed by atoms with van der Waals surface area (Å²) in [6.07, 6.45) is -2.82. The number of carbonyl (C=O) groups excluding carboxylic acids is 1. The summed E-state index contributed by atoms with van der Waals surface area (Å²) in [4.78, 5) is 16.2. The van der Waals surface area contributed by atoms with E-state index < -0.39 is 12.8 Å². The van der Waals surface area contributed by atoms with Gasteiger partial charge >= 0.3 is 6.18 Å². The summed E-state index contributed by atoms with van der Waals surface area (Å²) >= 11 is 0. The molecule has 0 aliphatic rings. The Morgan fingerprint density at radius 2 is 1.72 bits per heavy atom. The first-order chi connectivity index (χ1) is 13.2. The number of alkyl halides is 3. The second-order valence-corrected chi connectivity index (χ2v) is 7.72. The van der Waals surface area contributed by atoms with E-state index in [1.54, 1.807) is 44.3 Å². The predicted molar refractivity (Wildman–Crippen MR) is 107 cm³/mol. The highest BCUT2D eigenvalue weighted by molar-refractivity contribution is 5.94. The van der Waals surface area contributed by atoms with Crippen molar-refractivity contribution < 1.29 is 22.7 Å². The first-order valence-electron chi connectivity index (χ1n) is 9.06.